The van der Waals surface area contributed by atoms with Crippen LogP contribution in [-0.4, -0.2) is 4.98 Å². The molecule has 0 aliphatic heterocycles. The summed E-state index contributed by atoms with van der Waals surface area (Å²) in [6.45, 7) is 0. The number of nitrogens with zero attached hydrogens (tertiary/aromatic N) is 1. The van der Waals surface area contributed by atoms with E-state index in [1.165, 1.54) is 6.20 Å². The maximum Gasteiger partial charge on any atom is 0.129 e. The first kappa shape index (κ1) is 5.51. The summed E-state index contributed by atoms with van der Waals surface area (Å²) >= 11 is 10.9. The molecule has 0 saturated heterocycles. The molecular formula is C6H5Cl2N. The summed E-state index contributed by atoms with van der Waals surface area (Å²) in [4.78, 5) is 3.76. The Morgan fingerprint density at radius 2 is 2.44 bits per heavy atom. The molecule has 0 fully saturated rings. The zero-order chi connectivity index (χ0) is 7.56. The smallest absolute Gasteiger partial charge is 0.129 e. The maximum absolute atomic E-state index is 7.07. The standard InChI is InChI=1S/C6H5Cl2N/c7-3-5-1-2-6(8)9-4-5/h1-2,4H,3H2/i3T. The third-order valence-electron chi connectivity index (χ3n) is 0.876. The van der Waals surface area contributed by atoms with Gasteiger partial charge in [0.1, 0.15) is 5.15 Å². The van der Waals surface area contributed by atoms with E-state index in [4.69, 9.17) is 24.6 Å². The second kappa shape index (κ2) is 3.04. The average molecular weight is 164 g/mol. The van der Waals surface area contributed by atoms with Gasteiger partial charge < -0.3 is 0 Å². The Morgan fingerprint density at radius 1 is 1.67 bits per heavy atom. The lowest BCUT2D eigenvalue weighted by molar-refractivity contribution is 1.25. The van der Waals surface area contributed by atoms with Crippen molar-refractivity contribution in [3.8, 4) is 0 Å². The maximum atomic E-state index is 7.07. The van der Waals surface area contributed by atoms with Crippen LogP contribution in [0.3, 0.4) is 0 Å². The van der Waals surface area contributed by atoms with Crippen molar-refractivity contribution in [3.05, 3.63) is 29.0 Å². The minimum absolute atomic E-state index is 0.418. The van der Waals surface area contributed by atoms with E-state index in [2.05, 4.69) is 4.98 Å². The zero-order valence-electron chi connectivity index (χ0n) is 5.51. The first-order valence-corrected chi connectivity index (χ1v) is 3.19. The van der Waals surface area contributed by atoms with Gasteiger partial charge in [0.25, 0.3) is 0 Å². The average Bonchev–Trinajstić information content (AvgIpc) is 1.88. The van der Waals surface area contributed by atoms with Gasteiger partial charge in [-0.3, -0.25) is 0 Å². The molecule has 0 aliphatic rings. The van der Waals surface area contributed by atoms with Crippen molar-refractivity contribution in [2.24, 2.45) is 0 Å². The molecule has 0 amide bonds. The van der Waals surface area contributed by atoms with Crippen LogP contribution in [0.5, 0.6) is 0 Å². The molecule has 1 aromatic rings. The first-order chi connectivity index (χ1) is 4.70. The van der Waals surface area contributed by atoms with Gasteiger partial charge in [-0.05, 0) is 11.6 Å². The van der Waals surface area contributed by atoms with Crippen molar-refractivity contribution in [2.75, 3.05) is 0 Å². The Balaban J connectivity index is 2.89. The fraction of sp³-hybridized carbons (Fsp3) is 0.167. The van der Waals surface area contributed by atoms with E-state index in [9.17, 15) is 0 Å². The van der Waals surface area contributed by atoms with Crippen molar-refractivity contribution in [1.29, 1.82) is 0 Å². The van der Waals surface area contributed by atoms with Crippen LogP contribution in [0.2, 0.25) is 5.15 Å². The number of hydrogen-bond acceptors (Lipinski definition) is 1. The van der Waals surface area contributed by atoms with Gasteiger partial charge in [-0.15, -0.1) is 11.6 Å². The van der Waals surface area contributed by atoms with Crippen molar-refractivity contribution in [1.82, 2.24) is 4.98 Å². The lowest BCUT2D eigenvalue weighted by atomic mass is 10.3. The van der Waals surface area contributed by atoms with Crippen molar-refractivity contribution >= 4 is 23.2 Å². The van der Waals surface area contributed by atoms with Gasteiger partial charge in [-0.2, -0.15) is 0 Å². The largest absolute Gasteiger partial charge is 0.244 e. The molecule has 1 aromatic heterocycles. The molecule has 0 aliphatic carbocycles. The number of pyridine rings is 1. The fourth-order valence-electron chi connectivity index (χ4n) is 0.452. The molecule has 0 saturated carbocycles. The van der Waals surface area contributed by atoms with E-state index in [-0.39, 0.29) is 0 Å². The van der Waals surface area contributed by atoms with Crippen molar-refractivity contribution in [2.45, 2.75) is 5.86 Å². The lowest BCUT2D eigenvalue weighted by Crippen LogP contribution is -1.78. The molecule has 0 aromatic carbocycles. The molecule has 1 heterocycles. The highest BCUT2D eigenvalue weighted by Crippen LogP contribution is 2.06. The molecule has 3 heteroatoms. The predicted octanol–water partition coefficient (Wildman–Crippen LogP) is 2.47. The summed E-state index contributed by atoms with van der Waals surface area (Å²) in [5, 5.41) is 0.418. The quantitative estimate of drug-likeness (QED) is 0.458. The third-order valence-corrected chi connectivity index (χ3v) is 1.35. The first-order valence-electron chi connectivity index (χ1n) is 2.95. The number of hydrogen-bond donors (Lipinski definition) is 0. The van der Waals surface area contributed by atoms with E-state index in [0.717, 1.165) is 0 Å². The highest BCUT2D eigenvalue weighted by Gasteiger charge is 1.88. The molecule has 0 bridgehead atoms. The van der Waals surface area contributed by atoms with Crippen LogP contribution in [0.15, 0.2) is 18.3 Å². The van der Waals surface area contributed by atoms with Crippen LogP contribution >= 0.6 is 23.2 Å². The van der Waals surface area contributed by atoms with Crippen LogP contribution in [0.4, 0.5) is 0 Å². The van der Waals surface area contributed by atoms with Gasteiger partial charge >= 0.3 is 0 Å². The van der Waals surface area contributed by atoms with Crippen LogP contribution in [0.25, 0.3) is 0 Å². The van der Waals surface area contributed by atoms with Gasteiger partial charge in [0.15, 0.2) is 0 Å². The molecule has 0 radical (unpaired) electrons. The third kappa shape index (κ3) is 1.84. The van der Waals surface area contributed by atoms with Crippen LogP contribution in [0, 0.1) is 0 Å². The number of alkyl halides is 1. The van der Waals surface area contributed by atoms with Gasteiger partial charge in [0, 0.05) is 13.4 Å². The Morgan fingerprint density at radius 3 is 2.89 bits per heavy atom. The van der Waals surface area contributed by atoms with Crippen molar-refractivity contribution < 1.29 is 1.37 Å². The Labute approximate surface area is 65.0 Å². The normalized spacial score (nSPS) is 14.7. The number of aromatic nitrogens is 1. The molecule has 0 spiro atoms. The summed E-state index contributed by atoms with van der Waals surface area (Å²) in [6, 6.07) is 3.29. The summed E-state index contributed by atoms with van der Waals surface area (Å²) in [5.74, 6) is -0.746. The van der Waals surface area contributed by atoms with Crippen LogP contribution in [-0.2, 0) is 5.86 Å². The summed E-state index contributed by atoms with van der Waals surface area (Å²) in [7, 11) is 0. The van der Waals surface area contributed by atoms with Gasteiger partial charge in [0.2, 0.25) is 0 Å². The highest BCUT2D eigenvalue weighted by molar-refractivity contribution is 6.29. The summed E-state index contributed by atoms with van der Waals surface area (Å²) < 4.78 is 7.07. The van der Waals surface area contributed by atoms with Crippen molar-refractivity contribution in [3.63, 3.8) is 0 Å². The van der Waals surface area contributed by atoms with Crippen LogP contribution in [0.1, 0.15) is 6.93 Å². The topological polar surface area (TPSA) is 12.9 Å². The summed E-state index contributed by atoms with van der Waals surface area (Å²) in [6.07, 6.45) is 1.49. The molecule has 1 nitrogen and oxygen atoms in total. The Hall–Kier alpha value is -0.270. The second-order valence-electron chi connectivity index (χ2n) is 1.52. The lowest BCUT2D eigenvalue weighted by Gasteiger charge is -1.91. The molecule has 9 heavy (non-hydrogen) atoms. The van der Waals surface area contributed by atoms with Gasteiger partial charge in [0.05, 0.1) is 0 Å². The van der Waals surface area contributed by atoms with E-state index < -0.39 is 5.86 Å². The number of rotatable bonds is 1. The molecule has 1 unspecified atom stereocenters. The van der Waals surface area contributed by atoms with E-state index >= 15 is 0 Å². The second-order valence-corrected chi connectivity index (χ2v) is 2.13. The van der Waals surface area contributed by atoms with E-state index in [0.29, 0.717) is 10.7 Å². The molecular weight excluding hydrogens is 157 g/mol. The molecule has 0 N–H and O–H groups in total. The van der Waals surface area contributed by atoms with Gasteiger partial charge in [-0.25, -0.2) is 4.98 Å². The van der Waals surface area contributed by atoms with Crippen LogP contribution < -0.4 is 0 Å². The zero-order valence-corrected chi connectivity index (χ0v) is 6.02. The minimum atomic E-state index is -0.746. The molecule has 1 rings (SSSR count). The molecule has 1 atom stereocenters. The van der Waals surface area contributed by atoms with Gasteiger partial charge in [-0.1, -0.05) is 17.7 Å². The minimum Gasteiger partial charge on any atom is -0.244 e. The number of halogens is 2. The van der Waals surface area contributed by atoms with E-state index in [1.54, 1.807) is 12.1 Å². The monoisotopic (exact) mass is 163 g/mol. The Kier molecular flexibility index (Phi) is 1.86. The predicted molar refractivity (Wildman–Crippen MR) is 38.8 cm³/mol. The SMILES string of the molecule is [3H]C(Cl)c1ccc(Cl)nc1. The van der Waals surface area contributed by atoms with E-state index in [1.807, 2.05) is 0 Å². The highest BCUT2D eigenvalue weighted by atomic mass is 35.5. The fourth-order valence-corrected chi connectivity index (χ4v) is 0.693. The Bertz CT molecular complexity index is 209. The molecule has 48 valence electrons. The summed E-state index contributed by atoms with van der Waals surface area (Å²) in [5.41, 5.74) is 0.658.